The molecule has 0 atom stereocenters. The van der Waals surface area contributed by atoms with E-state index in [1.165, 1.54) is 11.1 Å². The lowest BCUT2D eigenvalue weighted by Gasteiger charge is -2.36. The second-order valence-electron chi connectivity index (χ2n) is 5.90. The first-order valence-corrected chi connectivity index (χ1v) is 9.49. The van der Waals surface area contributed by atoms with Crippen molar-refractivity contribution in [2.75, 3.05) is 33.3 Å². The molecular weight excluding hydrogens is 338 g/mol. The Morgan fingerprint density at radius 2 is 1.88 bits per heavy atom. The monoisotopic (exact) mass is 361 g/mol. The summed E-state index contributed by atoms with van der Waals surface area (Å²) in [6.45, 7) is 5.87. The van der Waals surface area contributed by atoms with E-state index < -0.39 is 0 Å². The molecule has 1 aliphatic rings. The van der Waals surface area contributed by atoms with Crippen molar-refractivity contribution >= 4 is 28.7 Å². The standard InChI is InChI=1S/C18H23N3OS2/c1-22-17-4-2-15(3-5-17)12-19-18(23)21-9-7-20(8-10-21)13-16-6-11-24-14-16/h2-6,11,14H,7-10,12-13H2,1H3,(H,19,23). The van der Waals surface area contributed by atoms with Gasteiger partial charge in [0.2, 0.25) is 0 Å². The summed E-state index contributed by atoms with van der Waals surface area (Å²) in [7, 11) is 1.68. The number of thiocarbonyl (C=S) groups is 1. The van der Waals surface area contributed by atoms with Crippen LogP contribution >= 0.6 is 23.6 Å². The van der Waals surface area contributed by atoms with Crippen LogP contribution in [0.5, 0.6) is 5.75 Å². The minimum absolute atomic E-state index is 0.748. The molecule has 1 aromatic carbocycles. The lowest BCUT2D eigenvalue weighted by Crippen LogP contribution is -2.51. The highest BCUT2D eigenvalue weighted by molar-refractivity contribution is 7.80. The van der Waals surface area contributed by atoms with E-state index in [0.717, 1.165) is 50.1 Å². The molecule has 0 saturated carbocycles. The van der Waals surface area contributed by atoms with Crippen LogP contribution in [0.15, 0.2) is 41.1 Å². The molecule has 2 aromatic rings. The maximum atomic E-state index is 5.55. The van der Waals surface area contributed by atoms with Gasteiger partial charge in [-0.25, -0.2) is 0 Å². The van der Waals surface area contributed by atoms with Gasteiger partial charge in [0.1, 0.15) is 5.75 Å². The third-order valence-electron chi connectivity index (χ3n) is 4.25. The molecule has 4 nitrogen and oxygen atoms in total. The minimum atomic E-state index is 0.748. The first kappa shape index (κ1) is 17.2. The number of benzene rings is 1. The van der Waals surface area contributed by atoms with Gasteiger partial charge >= 0.3 is 0 Å². The van der Waals surface area contributed by atoms with Crippen LogP contribution in [0.25, 0.3) is 0 Å². The van der Waals surface area contributed by atoms with E-state index in [1.807, 2.05) is 12.1 Å². The van der Waals surface area contributed by atoms with Crippen LogP contribution < -0.4 is 10.1 Å². The zero-order valence-electron chi connectivity index (χ0n) is 13.9. The molecule has 0 bridgehead atoms. The van der Waals surface area contributed by atoms with Gasteiger partial charge in [0.25, 0.3) is 0 Å². The second kappa shape index (κ2) is 8.46. The lowest BCUT2D eigenvalue weighted by molar-refractivity contribution is 0.174. The molecule has 0 amide bonds. The number of piperazine rings is 1. The Morgan fingerprint density at radius 3 is 2.50 bits per heavy atom. The predicted octanol–water partition coefficient (Wildman–Crippen LogP) is 2.95. The Kier molecular flexibility index (Phi) is 6.07. The van der Waals surface area contributed by atoms with E-state index in [-0.39, 0.29) is 0 Å². The van der Waals surface area contributed by atoms with Gasteiger partial charge in [-0.15, -0.1) is 0 Å². The first-order chi connectivity index (χ1) is 11.7. The Balaban J connectivity index is 1.41. The summed E-state index contributed by atoms with van der Waals surface area (Å²) in [4.78, 5) is 4.76. The highest BCUT2D eigenvalue weighted by Crippen LogP contribution is 2.13. The Labute approximate surface area is 153 Å². The molecule has 0 aliphatic carbocycles. The largest absolute Gasteiger partial charge is 0.497 e. The molecule has 1 aromatic heterocycles. The van der Waals surface area contributed by atoms with Crippen molar-refractivity contribution < 1.29 is 4.74 Å². The average Bonchev–Trinajstić information content (AvgIpc) is 3.14. The Hall–Kier alpha value is -1.63. The number of hydrogen-bond acceptors (Lipinski definition) is 4. The lowest BCUT2D eigenvalue weighted by atomic mass is 10.2. The number of hydrogen-bond donors (Lipinski definition) is 1. The average molecular weight is 362 g/mol. The molecule has 0 radical (unpaired) electrons. The fourth-order valence-electron chi connectivity index (χ4n) is 2.78. The maximum Gasteiger partial charge on any atom is 0.169 e. The Bertz CT molecular complexity index is 635. The van der Waals surface area contributed by atoms with Gasteiger partial charge in [-0.3, -0.25) is 4.90 Å². The van der Waals surface area contributed by atoms with E-state index in [9.17, 15) is 0 Å². The van der Waals surface area contributed by atoms with E-state index in [4.69, 9.17) is 17.0 Å². The van der Waals surface area contributed by atoms with E-state index in [0.29, 0.717) is 0 Å². The smallest absolute Gasteiger partial charge is 0.169 e. The summed E-state index contributed by atoms with van der Waals surface area (Å²) in [6.07, 6.45) is 0. The molecule has 0 spiro atoms. The van der Waals surface area contributed by atoms with E-state index >= 15 is 0 Å². The fraction of sp³-hybridized carbons (Fsp3) is 0.389. The van der Waals surface area contributed by atoms with Crippen LogP contribution in [0.3, 0.4) is 0 Å². The quantitative estimate of drug-likeness (QED) is 0.827. The molecule has 1 saturated heterocycles. The highest BCUT2D eigenvalue weighted by atomic mass is 32.1. The summed E-state index contributed by atoms with van der Waals surface area (Å²) in [5.41, 5.74) is 2.61. The number of thiophene rings is 1. The van der Waals surface area contributed by atoms with Gasteiger partial charge in [0.05, 0.1) is 7.11 Å². The zero-order valence-corrected chi connectivity index (χ0v) is 15.5. The number of ether oxygens (including phenoxy) is 1. The number of rotatable bonds is 5. The van der Waals surface area contributed by atoms with Crippen molar-refractivity contribution in [3.8, 4) is 5.75 Å². The highest BCUT2D eigenvalue weighted by Gasteiger charge is 2.18. The third kappa shape index (κ3) is 4.69. The van der Waals surface area contributed by atoms with Crippen LogP contribution in [0.4, 0.5) is 0 Å². The predicted molar refractivity (Wildman–Crippen MR) is 104 cm³/mol. The van der Waals surface area contributed by atoms with Gasteiger partial charge in [-0.1, -0.05) is 12.1 Å². The van der Waals surface area contributed by atoms with Crippen LogP contribution in [0.2, 0.25) is 0 Å². The molecule has 24 heavy (non-hydrogen) atoms. The number of methoxy groups -OCH3 is 1. The molecule has 6 heteroatoms. The van der Waals surface area contributed by atoms with Crippen molar-refractivity contribution in [3.05, 3.63) is 52.2 Å². The number of nitrogens with zero attached hydrogens (tertiary/aromatic N) is 2. The van der Waals surface area contributed by atoms with Crippen molar-refractivity contribution in [1.29, 1.82) is 0 Å². The van der Waals surface area contributed by atoms with Crippen LogP contribution in [-0.4, -0.2) is 48.2 Å². The molecule has 1 N–H and O–H groups in total. The van der Waals surface area contributed by atoms with Crippen molar-refractivity contribution in [2.45, 2.75) is 13.1 Å². The molecular formula is C18H23N3OS2. The SMILES string of the molecule is COc1ccc(CNC(=S)N2CCN(Cc3ccsc3)CC2)cc1. The van der Waals surface area contributed by atoms with Gasteiger partial charge in [0, 0.05) is 39.3 Å². The zero-order chi connectivity index (χ0) is 16.8. The summed E-state index contributed by atoms with van der Waals surface area (Å²) in [5, 5.41) is 8.59. The summed E-state index contributed by atoms with van der Waals surface area (Å²) < 4.78 is 5.18. The fourth-order valence-corrected chi connectivity index (χ4v) is 3.70. The summed E-state index contributed by atoms with van der Waals surface area (Å²) in [6, 6.07) is 10.3. The van der Waals surface area contributed by atoms with Gasteiger partial charge in [-0.2, -0.15) is 11.3 Å². The third-order valence-corrected chi connectivity index (χ3v) is 5.38. The minimum Gasteiger partial charge on any atom is -0.497 e. The Morgan fingerprint density at radius 1 is 1.12 bits per heavy atom. The summed E-state index contributed by atoms with van der Waals surface area (Å²) in [5.74, 6) is 0.878. The van der Waals surface area contributed by atoms with Gasteiger partial charge < -0.3 is 15.0 Å². The van der Waals surface area contributed by atoms with Gasteiger partial charge in [-0.05, 0) is 52.3 Å². The van der Waals surface area contributed by atoms with Crippen molar-refractivity contribution in [3.63, 3.8) is 0 Å². The normalized spacial score (nSPS) is 15.3. The van der Waals surface area contributed by atoms with Crippen LogP contribution in [0.1, 0.15) is 11.1 Å². The molecule has 1 fully saturated rings. The van der Waals surface area contributed by atoms with Crippen LogP contribution in [0, 0.1) is 0 Å². The maximum absolute atomic E-state index is 5.55. The molecule has 2 heterocycles. The number of nitrogens with one attached hydrogen (secondary N) is 1. The summed E-state index contributed by atoms with van der Waals surface area (Å²) >= 11 is 7.31. The van der Waals surface area contributed by atoms with Crippen LogP contribution in [-0.2, 0) is 13.1 Å². The van der Waals surface area contributed by atoms with E-state index in [1.54, 1.807) is 18.4 Å². The second-order valence-corrected chi connectivity index (χ2v) is 7.07. The van der Waals surface area contributed by atoms with Gasteiger partial charge in [0.15, 0.2) is 5.11 Å². The topological polar surface area (TPSA) is 27.7 Å². The first-order valence-electron chi connectivity index (χ1n) is 8.14. The van der Waals surface area contributed by atoms with Crippen molar-refractivity contribution in [2.24, 2.45) is 0 Å². The molecule has 128 valence electrons. The molecule has 0 unspecified atom stereocenters. The molecule has 1 aliphatic heterocycles. The van der Waals surface area contributed by atoms with E-state index in [2.05, 4.69) is 44.1 Å². The molecule has 3 rings (SSSR count). The van der Waals surface area contributed by atoms with Crippen molar-refractivity contribution in [1.82, 2.24) is 15.1 Å².